The number of methoxy groups -OCH3 is 1. The maximum atomic E-state index is 13.9. The van der Waals surface area contributed by atoms with E-state index in [4.69, 9.17) is 14.2 Å². The summed E-state index contributed by atoms with van der Waals surface area (Å²) < 4.78 is 19.4. The van der Waals surface area contributed by atoms with Crippen molar-refractivity contribution < 1.29 is 19.0 Å². The summed E-state index contributed by atoms with van der Waals surface area (Å²) in [6.07, 6.45) is 3.43. The lowest BCUT2D eigenvalue weighted by atomic mass is 9.95. The van der Waals surface area contributed by atoms with Gasteiger partial charge in [-0.05, 0) is 71.2 Å². The van der Waals surface area contributed by atoms with Crippen LogP contribution in [0.2, 0.25) is 0 Å². The van der Waals surface area contributed by atoms with Gasteiger partial charge in [-0.2, -0.15) is 0 Å². The summed E-state index contributed by atoms with van der Waals surface area (Å²) >= 11 is 4.81. The standard InChI is InChI=1S/C29H30BrN3O5S/c1-7-13-38-26-21(30)14-18(15-22(26)36-6)16-23-27(34)33-25(19-9-11-20(12-10-19)32(4)5)24(28(35)37-8-2)17(3)31-29(33)39-23/h7,9-12,14-16,25H,1,8,13H2,2-6H3/t25-/m1/s1. The number of thiazole rings is 1. The fraction of sp³-hybridized carbons (Fsp3) is 0.276. The number of benzene rings is 2. The monoisotopic (exact) mass is 611 g/mol. The minimum atomic E-state index is -0.672. The molecule has 0 unspecified atom stereocenters. The van der Waals surface area contributed by atoms with Crippen LogP contribution in [0.1, 0.15) is 31.0 Å². The van der Waals surface area contributed by atoms with Gasteiger partial charge in [-0.15, -0.1) is 0 Å². The van der Waals surface area contributed by atoms with Gasteiger partial charge in [0.1, 0.15) is 6.61 Å². The largest absolute Gasteiger partial charge is 0.493 e. The number of halogens is 1. The van der Waals surface area contributed by atoms with Gasteiger partial charge in [-0.25, -0.2) is 9.79 Å². The summed E-state index contributed by atoms with van der Waals surface area (Å²) in [6.45, 7) is 7.75. The summed E-state index contributed by atoms with van der Waals surface area (Å²) in [6, 6.07) is 10.8. The zero-order valence-electron chi connectivity index (χ0n) is 22.5. The Bertz CT molecular complexity index is 1620. The Morgan fingerprint density at radius 1 is 1.26 bits per heavy atom. The molecule has 0 N–H and O–H groups in total. The fourth-order valence-electron chi connectivity index (χ4n) is 4.32. The van der Waals surface area contributed by atoms with Crippen molar-refractivity contribution in [2.45, 2.75) is 19.9 Å². The number of carbonyl (C=O) groups is 1. The predicted octanol–water partition coefficient (Wildman–Crippen LogP) is 4.20. The van der Waals surface area contributed by atoms with E-state index in [1.807, 2.05) is 49.3 Å². The molecule has 1 aliphatic rings. The number of hydrogen-bond acceptors (Lipinski definition) is 8. The summed E-state index contributed by atoms with van der Waals surface area (Å²) in [5.74, 6) is 0.579. The first-order valence-corrected chi connectivity index (χ1v) is 13.9. The zero-order valence-corrected chi connectivity index (χ0v) is 24.9. The molecule has 4 rings (SSSR count). The number of rotatable bonds is 9. The molecule has 0 spiro atoms. The quantitative estimate of drug-likeness (QED) is 0.266. The third-order valence-electron chi connectivity index (χ3n) is 6.14. The minimum Gasteiger partial charge on any atom is -0.493 e. The van der Waals surface area contributed by atoms with Crippen LogP contribution in [0.5, 0.6) is 11.5 Å². The zero-order chi connectivity index (χ0) is 28.3. The first-order chi connectivity index (χ1) is 18.7. The highest BCUT2D eigenvalue weighted by atomic mass is 79.9. The van der Waals surface area contributed by atoms with Gasteiger partial charge in [0.2, 0.25) is 0 Å². The van der Waals surface area contributed by atoms with Crippen molar-refractivity contribution in [3.8, 4) is 11.5 Å². The molecule has 0 saturated carbocycles. The lowest BCUT2D eigenvalue weighted by molar-refractivity contribution is -0.139. The van der Waals surface area contributed by atoms with E-state index in [0.717, 1.165) is 16.8 Å². The molecule has 0 radical (unpaired) electrons. The SMILES string of the molecule is C=CCOc1c(Br)cc(C=c2sc3n(c2=O)[C@H](c2ccc(N(C)C)cc2)C(C(=O)OCC)=C(C)N=3)cc1OC. The van der Waals surface area contributed by atoms with Crippen molar-refractivity contribution >= 4 is 45.0 Å². The van der Waals surface area contributed by atoms with Crippen LogP contribution < -0.4 is 29.3 Å². The maximum absolute atomic E-state index is 13.9. The van der Waals surface area contributed by atoms with E-state index < -0.39 is 12.0 Å². The van der Waals surface area contributed by atoms with E-state index >= 15 is 0 Å². The van der Waals surface area contributed by atoms with E-state index in [9.17, 15) is 9.59 Å². The molecule has 39 heavy (non-hydrogen) atoms. The topological polar surface area (TPSA) is 82.4 Å². The molecule has 0 fully saturated rings. The summed E-state index contributed by atoms with van der Waals surface area (Å²) in [4.78, 5) is 34.1. The number of fused-ring (bicyclic) bond motifs is 1. The average molecular weight is 613 g/mol. The predicted molar refractivity (Wildman–Crippen MR) is 158 cm³/mol. The Labute approximate surface area is 239 Å². The van der Waals surface area contributed by atoms with Crippen LogP contribution in [0.15, 0.2) is 74.6 Å². The first-order valence-electron chi connectivity index (χ1n) is 12.3. The van der Waals surface area contributed by atoms with Crippen LogP contribution >= 0.6 is 27.3 Å². The van der Waals surface area contributed by atoms with E-state index in [1.54, 1.807) is 43.7 Å². The van der Waals surface area contributed by atoms with Gasteiger partial charge in [-0.3, -0.25) is 9.36 Å². The second-order valence-electron chi connectivity index (χ2n) is 8.92. The third kappa shape index (κ3) is 5.72. The molecule has 3 aromatic rings. The van der Waals surface area contributed by atoms with Crippen LogP contribution in [0.4, 0.5) is 5.69 Å². The van der Waals surface area contributed by atoms with Crippen molar-refractivity contribution in [3.05, 3.63) is 95.6 Å². The van der Waals surface area contributed by atoms with Crippen molar-refractivity contribution in [1.29, 1.82) is 0 Å². The molecule has 2 heterocycles. The highest BCUT2D eigenvalue weighted by Gasteiger charge is 2.33. The van der Waals surface area contributed by atoms with Gasteiger partial charge < -0.3 is 19.1 Å². The number of esters is 1. The molecule has 1 aliphatic heterocycles. The van der Waals surface area contributed by atoms with Gasteiger partial charge in [-0.1, -0.05) is 36.1 Å². The van der Waals surface area contributed by atoms with Gasteiger partial charge >= 0.3 is 5.97 Å². The van der Waals surface area contributed by atoms with Crippen molar-refractivity contribution in [3.63, 3.8) is 0 Å². The third-order valence-corrected chi connectivity index (χ3v) is 7.71. The molecule has 0 amide bonds. The number of ether oxygens (including phenoxy) is 3. The van der Waals surface area contributed by atoms with E-state index in [-0.39, 0.29) is 12.2 Å². The summed E-state index contributed by atoms with van der Waals surface area (Å²) in [7, 11) is 5.47. The van der Waals surface area contributed by atoms with Gasteiger partial charge in [0.15, 0.2) is 16.3 Å². The molecule has 204 valence electrons. The molecule has 10 heteroatoms. The Hall–Kier alpha value is -3.63. The highest BCUT2D eigenvalue weighted by molar-refractivity contribution is 9.10. The molecular formula is C29H30BrN3O5S. The first kappa shape index (κ1) is 28.4. The smallest absolute Gasteiger partial charge is 0.338 e. The van der Waals surface area contributed by atoms with Gasteiger partial charge in [0.25, 0.3) is 5.56 Å². The molecule has 0 saturated heterocycles. The highest BCUT2D eigenvalue weighted by Crippen LogP contribution is 2.37. The number of anilines is 1. The molecule has 1 atom stereocenters. The lowest BCUT2D eigenvalue weighted by Gasteiger charge is -2.25. The molecule has 8 nitrogen and oxygen atoms in total. The average Bonchev–Trinajstić information content (AvgIpc) is 3.21. The van der Waals surface area contributed by atoms with Crippen LogP contribution in [0, 0.1) is 0 Å². The molecular weight excluding hydrogens is 582 g/mol. The summed E-state index contributed by atoms with van der Waals surface area (Å²) in [5.41, 5.74) is 3.15. The van der Waals surface area contributed by atoms with Crippen molar-refractivity contribution in [2.24, 2.45) is 4.99 Å². The van der Waals surface area contributed by atoms with E-state index in [1.165, 1.54) is 11.3 Å². The second-order valence-corrected chi connectivity index (χ2v) is 10.8. The maximum Gasteiger partial charge on any atom is 0.338 e. The number of hydrogen-bond donors (Lipinski definition) is 0. The van der Waals surface area contributed by atoms with Gasteiger partial charge in [0, 0.05) is 19.8 Å². The Morgan fingerprint density at radius 2 is 1.97 bits per heavy atom. The number of nitrogens with zero attached hydrogens (tertiary/aromatic N) is 3. The lowest BCUT2D eigenvalue weighted by Crippen LogP contribution is -2.39. The summed E-state index contributed by atoms with van der Waals surface area (Å²) in [5, 5.41) is 0. The minimum absolute atomic E-state index is 0.218. The van der Waals surface area contributed by atoms with Crippen LogP contribution in [0.25, 0.3) is 6.08 Å². The van der Waals surface area contributed by atoms with E-state index in [0.29, 0.717) is 43.2 Å². The van der Waals surface area contributed by atoms with Crippen molar-refractivity contribution in [1.82, 2.24) is 4.57 Å². The van der Waals surface area contributed by atoms with Crippen LogP contribution in [-0.4, -0.2) is 45.0 Å². The Balaban J connectivity index is 1.89. The second kappa shape index (κ2) is 12.0. The Morgan fingerprint density at radius 3 is 2.59 bits per heavy atom. The molecule has 0 aliphatic carbocycles. The molecule has 1 aromatic heterocycles. The van der Waals surface area contributed by atoms with Gasteiger partial charge in [0.05, 0.1) is 40.0 Å². The fourth-order valence-corrected chi connectivity index (χ4v) is 5.94. The Kier molecular flexibility index (Phi) is 8.76. The normalized spacial score (nSPS) is 14.9. The number of aromatic nitrogens is 1. The van der Waals surface area contributed by atoms with Crippen molar-refractivity contribution in [2.75, 3.05) is 39.3 Å². The number of carbonyl (C=O) groups excluding carboxylic acids is 1. The molecule has 0 bridgehead atoms. The van der Waals surface area contributed by atoms with Crippen LogP contribution in [-0.2, 0) is 9.53 Å². The number of allylic oxidation sites excluding steroid dienone is 1. The molecule has 2 aromatic carbocycles. The van der Waals surface area contributed by atoms with Crippen LogP contribution in [0.3, 0.4) is 0 Å². The van der Waals surface area contributed by atoms with E-state index in [2.05, 4.69) is 27.5 Å².